The molecule has 5 nitrogen and oxygen atoms in total. The van der Waals surface area contributed by atoms with E-state index in [4.69, 9.17) is 22.4 Å². The van der Waals surface area contributed by atoms with Crippen LogP contribution in [0, 0.1) is 0 Å². The third kappa shape index (κ3) is 16.1. The summed E-state index contributed by atoms with van der Waals surface area (Å²) in [5.41, 5.74) is 4.85. The zero-order valence-corrected chi connectivity index (χ0v) is 7.60. The van der Waals surface area contributed by atoms with Gasteiger partial charge in [0.1, 0.15) is 6.54 Å². The molecule has 0 saturated carbocycles. The number of amides is 1. The topological polar surface area (TPSA) is 92.4 Å². The maximum absolute atomic E-state index is 10.2. The Kier molecular flexibility index (Phi) is 11.7. The normalized spacial score (nSPS) is 7.92. The lowest BCUT2D eigenvalue weighted by Gasteiger charge is -1.95. The maximum atomic E-state index is 10.2. The van der Waals surface area contributed by atoms with Crippen LogP contribution in [-0.4, -0.2) is 36.0 Å². The van der Waals surface area contributed by atoms with E-state index in [-0.39, 0.29) is 13.1 Å². The molecule has 0 bridgehead atoms. The summed E-state index contributed by atoms with van der Waals surface area (Å²) < 4.78 is 0. The number of carbonyl (C=O) groups is 2. The Balaban J connectivity index is 0. The average Bonchev–Trinajstić information content (AvgIpc) is 2.01. The summed E-state index contributed by atoms with van der Waals surface area (Å²) in [6.07, 6.45) is 0. The molecule has 0 rings (SSSR count). The molecule has 0 heterocycles. The largest absolute Gasteiger partial charge is 0.480 e. The summed E-state index contributed by atoms with van der Waals surface area (Å²) >= 11 is 5.00. The Morgan fingerprint density at radius 3 is 2.25 bits per heavy atom. The average molecular weight is 197 g/mol. The van der Waals surface area contributed by atoms with Gasteiger partial charge in [-0.05, 0) is 0 Å². The summed E-state index contributed by atoms with van der Waals surface area (Å²) in [4.78, 5) is 20.0. The number of alkyl halides is 1. The van der Waals surface area contributed by atoms with Crippen molar-refractivity contribution in [3.05, 3.63) is 0 Å². The van der Waals surface area contributed by atoms with Crippen LogP contribution in [0.3, 0.4) is 0 Å². The van der Waals surface area contributed by atoms with Crippen LogP contribution in [0.1, 0.15) is 6.92 Å². The van der Waals surface area contributed by atoms with E-state index in [1.54, 1.807) is 0 Å². The van der Waals surface area contributed by atoms with Crippen molar-refractivity contribution >= 4 is 23.5 Å². The molecule has 0 aliphatic carbocycles. The van der Waals surface area contributed by atoms with Crippen LogP contribution in [0.2, 0.25) is 0 Å². The standard InChI is InChI=1S/C4H8N2O3.C2H5Cl/c5-1-3(7)6-2-4(8)9;1-2-3/h1-2,5H2,(H,6,7)(H,8,9);2H2,1H3. The van der Waals surface area contributed by atoms with Gasteiger partial charge in [0.25, 0.3) is 0 Å². The lowest BCUT2D eigenvalue weighted by Crippen LogP contribution is -2.34. The fourth-order valence-electron chi connectivity index (χ4n) is 0.246. The Labute approximate surface area is 75.9 Å². The summed E-state index contributed by atoms with van der Waals surface area (Å²) in [6, 6.07) is 0. The highest BCUT2D eigenvalue weighted by molar-refractivity contribution is 6.17. The Morgan fingerprint density at radius 2 is 2.00 bits per heavy atom. The second-order valence-electron chi connectivity index (χ2n) is 1.64. The smallest absolute Gasteiger partial charge is 0.322 e. The van der Waals surface area contributed by atoms with Crippen molar-refractivity contribution in [2.45, 2.75) is 6.92 Å². The molecule has 4 N–H and O–H groups in total. The molecule has 12 heavy (non-hydrogen) atoms. The summed E-state index contributed by atoms with van der Waals surface area (Å²) in [5.74, 6) is -0.811. The Hall–Kier alpha value is -0.810. The van der Waals surface area contributed by atoms with Crippen LogP contribution in [0.5, 0.6) is 0 Å². The van der Waals surface area contributed by atoms with Crippen molar-refractivity contribution in [3.63, 3.8) is 0 Å². The number of halogens is 1. The first-order valence-electron chi connectivity index (χ1n) is 3.33. The molecule has 0 radical (unpaired) electrons. The van der Waals surface area contributed by atoms with Crippen LogP contribution in [0.4, 0.5) is 0 Å². The molecule has 0 aromatic rings. The van der Waals surface area contributed by atoms with E-state index in [1.165, 1.54) is 0 Å². The van der Waals surface area contributed by atoms with Crippen molar-refractivity contribution < 1.29 is 14.7 Å². The van der Waals surface area contributed by atoms with E-state index in [0.29, 0.717) is 0 Å². The van der Waals surface area contributed by atoms with Gasteiger partial charge in [-0.1, -0.05) is 6.92 Å². The highest BCUT2D eigenvalue weighted by Gasteiger charge is 1.98. The second-order valence-corrected chi connectivity index (χ2v) is 2.18. The summed E-state index contributed by atoms with van der Waals surface area (Å²) in [6.45, 7) is 1.35. The van der Waals surface area contributed by atoms with E-state index in [2.05, 4.69) is 5.32 Å². The molecule has 0 atom stereocenters. The van der Waals surface area contributed by atoms with E-state index in [9.17, 15) is 9.59 Å². The molecule has 0 spiro atoms. The fourth-order valence-corrected chi connectivity index (χ4v) is 0.246. The van der Waals surface area contributed by atoms with E-state index < -0.39 is 11.9 Å². The number of hydrogen-bond donors (Lipinski definition) is 3. The monoisotopic (exact) mass is 196 g/mol. The van der Waals surface area contributed by atoms with Crippen molar-refractivity contribution in [3.8, 4) is 0 Å². The lowest BCUT2D eigenvalue weighted by atomic mass is 10.5. The van der Waals surface area contributed by atoms with Crippen LogP contribution in [0.25, 0.3) is 0 Å². The quantitative estimate of drug-likeness (QED) is 0.525. The number of hydrogen-bond acceptors (Lipinski definition) is 3. The predicted molar refractivity (Wildman–Crippen MR) is 46.1 cm³/mol. The van der Waals surface area contributed by atoms with Gasteiger partial charge in [-0.3, -0.25) is 9.59 Å². The highest BCUT2D eigenvalue weighted by Crippen LogP contribution is 1.60. The molecule has 0 unspecified atom stereocenters. The van der Waals surface area contributed by atoms with Gasteiger partial charge in [0.15, 0.2) is 0 Å². The van der Waals surface area contributed by atoms with E-state index >= 15 is 0 Å². The third-order valence-electron chi connectivity index (χ3n) is 0.622. The molecule has 0 fully saturated rings. The van der Waals surface area contributed by atoms with Crippen LogP contribution < -0.4 is 11.1 Å². The molecule has 0 aliphatic heterocycles. The zero-order valence-electron chi connectivity index (χ0n) is 6.84. The van der Waals surface area contributed by atoms with Gasteiger partial charge in [-0.15, -0.1) is 11.6 Å². The summed E-state index contributed by atoms with van der Waals surface area (Å²) in [5, 5.41) is 10.1. The fraction of sp³-hybridized carbons (Fsp3) is 0.667. The van der Waals surface area contributed by atoms with E-state index in [0.717, 1.165) is 5.88 Å². The molecule has 0 aromatic heterocycles. The van der Waals surface area contributed by atoms with Gasteiger partial charge in [0.05, 0.1) is 6.54 Å². The van der Waals surface area contributed by atoms with E-state index in [1.807, 2.05) is 6.92 Å². The maximum Gasteiger partial charge on any atom is 0.322 e. The molecule has 72 valence electrons. The van der Waals surface area contributed by atoms with Crippen molar-refractivity contribution in [2.24, 2.45) is 5.73 Å². The second kappa shape index (κ2) is 10.2. The number of rotatable bonds is 3. The minimum absolute atomic E-state index is 0.173. The number of nitrogens with one attached hydrogen (secondary N) is 1. The lowest BCUT2D eigenvalue weighted by molar-refractivity contribution is -0.137. The van der Waals surface area contributed by atoms with Crippen molar-refractivity contribution in [2.75, 3.05) is 19.0 Å². The Bertz CT molecular complexity index is 141. The Morgan fingerprint density at radius 1 is 1.58 bits per heavy atom. The number of carboxylic acid groups (broad SMARTS) is 1. The van der Waals surface area contributed by atoms with Crippen molar-refractivity contribution in [1.82, 2.24) is 5.32 Å². The van der Waals surface area contributed by atoms with Gasteiger partial charge in [0, 0.05) is 5.88 Å². The number of carbonyl (C=O) groups excluding carboxylic acids is 1. The molecule has 1 amide bonds. The van der Waals surface area contributed by atoms with Gasteiger partial charge >= 0.3 is 5.97 Å². The van der Waals surface area contributed by atoms with Crippen LogP contribution in [-0.2, 0) is 9.59 Å². The molecule has 0 aromatic carbocycles. The predicted octanol–water partition coefficient (Wildman–Crippen LogP) is -0.609. The minimum Gasteiger partial charge on any atom is -0.480 e. The molecule has 0 saturated heterocycles. The van der Waals surface area contributed by atoms with Gasteiger partial charge < -0.3 is 16.2 Å². The molecule has 0 aliphatic rings. The van der Waals surface area contributed by atoms with Crippen molar-refractivity contribution in [1.29, 1.82) is 0 Å². The number of carboxylic acids is 1. The molecular weight excluding hydrogens is 184 g/mol. The number of aliphatic carboxylic acids is 1. The first kappa shape index (κ1) is 13.8. The SMILES string of the molecule is CCCl.NCC(=O)NCC(=O)O. The summed E-state index contributed by atoms with van der Waals surface area (Å²) in [7, 11) is 0. The third-order valence-corrected chi connectivity index (χ3v) is 0.622. The van der Waals surface area contributed by atoms with Gasteiger partial charge in [-0.2, -0.15) is 0 Å². The first-order valence-corrected chi connectivity index (χ1v) is 3.86. The van der Waals surface area contributed by atoms with Crippen LogP contribution in [0.15, 0.2) is 0 Å². The van der Waals surface area contributed by atoms with Gasteiger partial charge in [-0.25, -0.2) is 0 Å². The van der Waals surface area contributed by atoms with Gasteiger partial charge in [0.2, 0.25) is 5.91 Å². The zero-order chi connectivity index (χ0) is 9.98. The van der Waals surface area contributed by atoms with Crippen LogP contribution >= 0.6 is 11.6 Å². The highest BCUT2D eigenvalue weighted by atomic mass is 35.5. The minimum atomic E-state index is -1.07. The molecular formula is C6H13ClN2O3. The first-order chi connectivity index (χ1) is 5.58. The molecule has 6 heteroatoms. The number of nitrogens with two attached hydrogens (primary N) is 1.